The van der Waals surface area contributed by atoms with E-state index >= 15 is 0 Å². The summed E-state index contributed by atoms with van der Waals surface area (Å²) in [6.45, 7) is 3.66. The average Bonchev–Trinajstić information content (AvgIpc) is 3.34. The number of aryl methyl sites for hydroxylation is 1. The number of fused-ring (bicyclic) bond motifs is 1. The number of nitrogens with two attached hydrogens (primary N) is 1. The fraction of sp³-hybridized carbons (Fsp3) is 0.154. The molecule has 4 aromatic heterocycles. The first-order chi connectivity index (χ1) is 19.6. The highest BCUT2D eigenvalue weighted by molar-refractivity contribution is 7.92. The lowest BCUT2D eigenvalue weighted by Gasteiger charge is -2.16. The first-order valence-corrected chi connectivity index (χ1v) is 13.6. The fourth-order valence-corrected chi connectivity index (χ4v) is 5.18. The Kier molecular flexibility index (Phi) is 6.99. The second kappa shape index (κ2) is 10.6. The highest BCUT2D eigenvalue weighted by Gasteiger charge is 2.21. The largest absolute Gasteiger partial charge is 0.497 e. The van der Waals surface area contributed by atoms with E-state index in [1.807, 2.05) is 19.1 Å². The summed E-state index contributed by atoms with van der Waals surface area (Å²) in [4.78, 5) is 27.9. The number of methoxy groups -OCH3 is 1. The van der Waals surface area contributed by atoms with E-state index in [0.29, 0.717) is 28.3 Å². The minimum absolute atomic E-state index is 0.0353. The molecule has 0 fully saturated rings. The minimum Gasteiger partial charge on any atom is -0.497 e. The molecule has 5 rings (SSSR count). The van der Waals surface area contributed by atoms with Crippen LogP contribution < -0.4 is 26.1 Å². The van der Waals surface area contributed by atoms with Gasteiger partial charge in [-0.2, -0.15) is 10.4 Å². The summed E-state index contributed by atoms with van der Waals surface area (Å²) in [6, 6.07) is 10.5. The molecule has 0 aliphatic carbocycles. The summed E-state index contributed by atoms with van der Waals surface area (Å²) in [6.07, 6.45) is 4.45. The van der Waals surface area contributed by atoms with E-state index in [0.717, 1.165) is 5.56 Å². The van der Waals surface area contributed by atoms with E-state index in [9.17, 15) is 18.5 Å². The molecule has 0 saturated carbocycles. The van der Waals surface area contributed by atoms with Crippen molar-refractivity contribution in [2.45, 2.75) is 24.8 Å². The van der Waals surface area contributed by atoms with E-state index < -0.39 is 21.6 Å². The van der Waals surface area contributed by atoms with Gasteiger partial charge in [-0.05, 0) is 55.8 Å². The maximum Gasteiger partial charge on any atom is 0.272 e. The molecule has 0 saturated heterocycles. The highest BCUT2D eigenvalue weighted by atomic mass is 32.2. The molecule has 4 heterocycles. The van der Waals surface area contributed by atoms with Crippen molar-refractivity contribution < 1.29 is 13.2 Å². The number of hydrogen-bond donors (Lipinski definition) is 4. The molecular weight excluding hydrogens is 548 g/mol. The van der Waals surface area contributed by atoms with Crippen LogP contribution in [0, 0.1) is 18.3 Å². The Bertz CT molecular complexity index is 1980. The number of ether oxygens (including phenoxy) is 1. The molecule has 0 aliphatic heterocycles. The van der Waals surface area contributed by atoms with Crippen molar-refractivity contribution in [1.82, 2.24) is 29.5 Å². The molecule has 0 radical (unpaired) electrons. The standard InChI is InChI=1S/C26H24N10O4S/c1-14-8-9-36-22(14)21(33-24(34-36)15(2)32-25-19(11-27)23(28)30-13-31-25)16-10-20(26(37)29-12-16)35-41(38,39)18-6-4-17(40-3)5-7-18/h4-10,12-13,15,35H,1-3H3,(H,29,37)(H3,28,30,31,32)/t15-/m0/s1. The number of aromatic amines is 1. The fourth-order valence-electron chi connectivity index (χ4n) is 4.12. The quantitative estimate of drug-likeness (QED) is 0.212. The monoisotopic (exact) mass is 572 g/mol. The normalized spacial score (nSPS) is 12.0. The number of anilines is 3. The van der Waals surface area contributed by atoms with E-state index in [-0.39, 0.29) is 27.8 Å². The first-order valence-electron chi connectivity index (χ1n) is 12.1. The molecule has 0 amide bonds. The second-order valence-corrected chi connectivity index (χ2v) is 10.7. The molecule has 14 nitrogen and oxygen atoms in total. The molecule has 0 unspecified atom stereocenters. The number of H-pyrrole nitrogens is 1. The molecule has 5 aromatic rings. The van der Waals surface area contributed by atoms with Crippen LogP contribution in [0.5, 0.6) is 5.75 Å². The van der Waals surface area contributed by atoms with Gasteiger partial charge in [-0.15, -0.1) is 0 Å². The Hall–Kier alpha value is -5.49. The van der Waals surface area contributed by atoms with Crippen molar-refractivity contribution in [1.29, 1.82) is 5.26 Å². The molecule has 0 bridgehead atoms. The van der Waals surface area contributed by atoms with Crippen LogP contribution in [-0.2, 0) is 10.0 Å². The lowest BCUT2D eigenvalue weighted by Crippen LogP contribution is -2.20. The van der Waals surface area contributed by atoms with Gasteiger partial charge >= 0.3 is 0 Å². The molecule has 5 N–H and O–H groups in total. The maximum absolute atomic E-state index is 13.0. The number of nitriles is 1. The Labute approximate surface area is 233 Å². The topological polar surface area (TPSA) is 206 Å². The maximum atomic E-state index is 13.0. The number of nitrogens with zero attached hydrogens (tertiary/aromatic N) is 6. The highest BCUT2D eigenvalue weighted by Crippen LogP contribution is 2.29. The number of hydrogen-bond acceptors (Lipinski definition) is 11. The third-order valence-corrected chi connectivity index (χ3v) is 7.63. The third kappa shape index (κ3) is 5.23. The van der Waals surface area contributed by atoms with Gasteiger partial charge in [0.2, 0.25) is 0 Å². The Morgan fingerprint density at radius 2 is 1.95 bits per heavy atom. The predicted molar refractivity (Wildman–Crippen MR) is 151 cm³/mol. The van der Waals surface area contributed by atoms with Crippen LogP contribution in [0.3, 0.4) is 0 Å². The Morgan fingerprint density at radius 3 is 2.66 bits per heavy atom. The predicted octanol–water partition coefficient (Wildman–Crippen LogP) is 2.62. The van der Waals surface area contributed by atoms with E-state index in [2.05, 4.69) is 30.1 Å². The van der Waals surface area contributed by atoms with Crippen LogP contribution in [0.1, 0.15) is 29.9 Å². The number of nitrogen functional groups attached to an aromatic ring is 1. The van der Waals surface area contributed by atoms with Crippen molar-refractivity contribution in [2.24, 2.45) is 0 Å². The van der Waals surface area contributed by atoms with Crippen molar-refractivity contribution in [3.8, 4) is 23.1 Å². The smallest absolute Gasteiger partial charge is 0.272 e. The van der Waals surface area contributed by atoms with Crippen LogP contribution >= 0.6 is 0 Å². The van der Waals surface area contributed by atoms with E-state index in [1.54, 1.807) is 17.6 Å². The number of nitrogens with one attached hydrogen (secondary N) is 3. The summed E-state index contributed by atoms with van der Waals surface area (Å²) < 4.78 is 35.2. The molecule has 1 aromatic carbocycles. The second-order valence-electron chi connectivity index (χ2n) is 8.98. The van der Waals surface area contributed by atoms with Crippen LogP contribution in [0.25, 0.3) is 16.8 Å². The molecular formula is C26H24N10O4S. The zero-order valence-electron chi connectivity index (χ0n) is 22.1. The summed E-state index contributed by atoms with van der Waals surface area (Å²) in [5.74, 6) is 1.08. The van der Waals surface area contributed by atoms with Crippen molar-refractivity contribution >= 4 is 32.9 Å². The molecule has 0 aliphatic rings. The van der Waals surface area contributed by atoms with Crippen LogP contribution in [0.2, 0.25) is 0 Å². The first kappa shape index (κ1) is 27.1. The summed E-state index contributed by atoms with van der Waals surface area (Å²) in [5.41, 5.74) is 7.46. The van der Waals surface area contributed by atoms with Gasteiger partial charge in [-0.25, -0.2) is 27.9 Å². The van der Waals surface area contributed by atoms with Gasteiger partial charge in [0.15, 0.2) is 5.82 Å². The van der Waals surface area contributed by atoms with Crippen LogP contribution in [-0.4, -0.2) is 45.1 Å². The van der Waals surface area contributed by atoms with Crippen molar-refractivity contribution in [3.63, 3.8) is 0 Å². The lowest BCUT2D eigenvalue weighted by atomic mass is 10.1. The molecule has 41 heavy (non-hydrogen) atoms. The SMILES string of the molecule is COc1ccc(S(=O)(=O)Nc2cc(-c3nc([C@H](C)Nc4ncnc(N)c4C#N)nn4ccc(C)c34)c[nH]c2=O)cc1. The number of pyridine rings is 1. The van der Waals surface area contributed by atoms with Gasteiger partial charge in [-0.1, -0.05) is 0 Å². The zero-order valence-corrected chi connectivity index (χ0v) is 22.9. The molecule has 1 atom stereocenters. The Balaban J connectivity index is 1.55. The van der Waals surface area contributed by atoms with Gasteiger partial charge in [0.25, 0.3) is 15.6 Å². The van der Waals surface area contributed by atoms with Crippen molar-refractivity contribution in [2.75, 3.05) is 22.9 Å². The summed E-state index contributed by atoms with van der Waals surface area (Å²) in [5, 5.41) is 17.2. The number of sulfonamides is 1. The van der Waals surface area contributed by atoms with Gasteiger partial charge in [0, 0.05) is 18.0 Å². The van der Waals surface area contributed by atoms with Crippen LogP contribution in [0.4, 0.5) is 17.3 Å². The van der Waals surface area contributed by atoms with Crippen LogP contribution in [0.15, 0.2) is 64.8 Å². The molecule has 15 heteroatoms. The van der Waals surface area contributed by atoms with Gasteiger partial charge in [-0.3, -0.25) is 9.52 Å². The van der Waals surface area contributed by atoms with Gasteiger partial charge in [0.1, 0.15) is 46.7 Å². The van der Waals surface area contributed by atoms with E-state index in [1.165, 1.54) is 50.0 Å². The summed E-state index contributed by atoms with van der Waals surface area (Å²) in [7, 11) is -2.61. The third-order valence-electron chi connectivity index (χ3n) is 6.25. The number of benzene rings is 1. The Morgan fingerprint density at radius 1 is 1.20 bits per heavy atom. The average molecular weight is 573 g/mol. The van der Waals surface area contributed by atoms with Gasteiger partial charge in [0.05, 0.1) is 23.6 Å². The zero-order chi connectivity index (χ0) is 29.3. The summed E-state index contributed by atoms with van der Waals surface area (Å²) >= 11 is 0. The molecule has 0 spiro atoms. The molecule has 208 valence electrons. The van der Waals surface area contributed by atoms with Gasteiger partial charge < -0.3 is 20.8 Å². The van der Waals surface area contributed by atoms with E-state index in [4.69, 9.17) is 15.5 Å². The van der Waals surface area contributed by atoms with Crippen molar-refractivity contribution in [3.05, 3.63) is 82.4 Å². The lowest BCUT2D eigenvalue weighted by molar-refractivity contribution is 0.414. The number of rotatable bonds is 8. The minimum atomic E-state index is -4.09. The number of aromatic nitrogens is 6.